The first-order valence-corrected chi connectivity index (χ1v) is 9.73. The van der Waals surface area contributed by atoms with E-state index < -0.39 is 17.8 Å². The van der Waals surface area contributed by atoms with Gasteiger partial charge in [-0.15, -0.1) is 0 Å². The number of benzene rings is 2. The number of rotatable bonds is 4. The van der Waals surface area contributed by atoms with Gasteiger partial charge >= 0.3 is 6.18 Å². The van der Waals surface area contributed by atoms with E-state index in [0.29, 0.717) is 21.5 Å². The van der Waals surface area contributed by atoms with Gasteiger partial charge < -0.3 is 10.1 Å². The van der Waals surface area contributed by atoms with E-state index in [4.69, 9.17) is 16.3 Å². The normalized spacial score (nSPS) is 11.6. The largest absolute Gasteiger partial charge is 0.495 e. The van der Waals surface area contributed by atoms with Crippen LogP contribution in [0, 0.1) is 6.92 Å². The van der Waals surface area contributed by atoms with Gasteiger partial charge in [-0.1, -0.05) is 41.4 Å². The minimum absolute atomic E-state index is 0.0758. The molecule has 0 bridgehead atoms. The van der Waals surface area contributed by atoms with E-state index in [1.165, 1.54) is 13.2 Å². The van der Waals surface area contributed by atoms with Gasteiger partial charge in [0.25, 0.3) is 5.91 Å². The van der Waals surface area contributed by atoms with Crippen LogP contribution in [0.25, 0.3) is 16.9 Å². The molecule has 0 saturated heterocycles. The minimum Gasteiger partial charge on any atom is -0.495 e. The van der Waals surface area contributed by atoms with Crippen molar-refractivity contribution in [2.24, 2.45) is 0 Å². The van der Waals surface area contributed by atoms with Gasteiger partial charge in [-0.2, -0.15) is 18.3 Å². The highest BCUT2D eigenvalue weighted by molar-refractivity contribution is 6.32. The Kier molecular flexibility index (Phi) is 5.52. The Bertz CT molecular complexity index is 1320. The molecule has 1 N–H and O–H groups in total. The number of ether oxygens (including phenoxy) is 1. The fourth-order valence-corrected chi connectivity index (χ4v) is 3.40. The van der Waals surface area contributed by atoms with E-state index >= 15 is 0 Å². The molecule has 164 valence electrons. The maximum absolute atomic E-state index is 13.7. The smallest absolute Gasteiger partial charge is 0.433 e. The van der Waals surface area contributed by atoms with Crippen molar-refractivity contribution in [3.05, 3.63) is 76.6 Å². The molecule has 10 heteroatoms. The number of carbonyl (C=O) groups is 1. The first-order valence-electron chi connectivity index (χ1n) is 9.35. The van der Waals surface area contributed by atoms with Crippen molar-refractivity contribution in [2.75, 3.05) is 12.4 Å². The summed E-state index contributed by atoms with van der Waals surface area (Å²) >= 11 is 6.07. The molecule has 4 aromatic rings. The molecule has 0 unspecified atom stereocenters. The second-order valence-corrected chi connectivity index (χ2v) is 7.39. The summed E-state index contributed by atoms with van der Waals surface area (Å²) in [6.45, 7) is 1.87. The summed E-state index contributed by atoms with van der Waals surface area (Å²) in [5.41, 5.74) is 0.484. The maximum Gasteiger partial charge on any atom is 0.433 e. The average Bonchev–Trinajstić information content (AvgIpc) is 3.17. The van der Waals surface area contributed by atoms with Crippen LogP contribution in [0.4, 0.5) is 18.9 Å². The molecule has 0 aliphatic rings. The molecule has 0 aliphatic heterocycles. The predicted molar refractivity (Wildman–Crippen MR) is 114 cm³/mol. The van der Waals surface area contributed by atoms with Crippen LogP contribution in [-0.2, 0) is 6.18 Å². The van der Waals surface area contributed by atoms with E-state index in [9.17, 15) is 18.0 Å². The standard InChI is InChI=1S/C22H16ClF3N4O2/c1-12-3-5-13(6-4-12)17-10-19(22(24,25)26)30-20(29-17)15(11-27-30)21(31)28-14-7-8-18(32-2)16(23)9-14/h3-11H,1-2H3,(H,28,31). The highest BCUT2D eigenvalue weighted by atomic mass is 35.5. The number of amides is 1. The summed E-state index contributed by atoms with van der Waals surface area (Å²) in [5.74, 6) is -0.261. The van der Waals surface area contributed by atoms with E-state index in [1.807, 2.05) is 6.92 Å². The Morgan fingerprint density at radius 3 is 2.47 bits per heavy atom. The molecule has 2 heterocycles. The van der Waals surface area contributed by atoms with Gasteiger partial charge in [0.2, 0.25) is 0 Å². The molecule has 0 aliphatic carbocycles. The van der Waals surface area contributed by atoms with Crippen molar-refractivity contribution >= 4 is 28.8 Å². The van der Waals surface area contributed by atoms with Crippen LogP contribution in [0.5, 0.6) is 5.75 Å². The van der Waals surface area contributed by atoms with Crippen LogP contribution in [0.3, 0.4) is 0 Å². The third-order valence-electron chi connectivity index (χ3n) is 4.76. The third-order valence-corrected chi connectivity index (χ3v) is 5.06. The van der Waals surface area contributed by atoms with Crippen molar-refractivity contribution in [1.82, 2.24) is 14.6 Å². The molecule has 2 aromatic heterocycles. The van der Waals surface area contributed by atoms with Gasteiger partial charge in [0.1, 0.15) is 11.3 Å². The SMILES string of the molecule is COc1ccc(NC(=O)c2cnn3c(C(F)(F)F)cc(-c4ccc(C)cc4)nc23)cc1Cl. The van der Waals surface area contributed by atoms with Gasteiger partial charge in [-0.05, 0) is 31.2 Å². The van der Waals surface area contributed by atoms with Crippen LogP contribution in [0.15, 0.2) is 54.7 Å². The topological polar surface area (TPSA) is 68.5 Å². The van der Waals surface area contributed by atoms with Crippen LogP contribution in [-0.4, -0.2) is 27.6 Å². The molecule has 32 heavy (non-hydrogen) atoms. The number of hydrogen-bond acceptors (Lipinski definition) is 4. The third kappa shape index (κ3) is 4.11. The summed E-state index contributed by atoms with van der Waals surface area (Å²) < 4.78 is 46.9. The molecular weight excluding hydrogens is 445 g/mol. The summed E-state index contributed by atoms with van der Waals surface area (Å²) in [7, 11) is 1.45. The molecule has 0 atom stereocenters. The number of hydrogen-bond donors (Lipinski definition) is 1. The van der Waals surface area contributed by atoms with Gasteiger partial charge in [0.15, 0.2) is 11.3 Å². The summed E-state index contributed by atoms with van der Waals surface area (Å²) in [6.07, 6.45) is -3.65. The Morgan fingerprint density at radius 2 is 1.84 bits per heavy atom. The van der Waals surface area contributed by atoms with Crippen LogP contribution >= 0.6 is 11.6 Å². The van der Waals surface area contributed by atoms with E-state index in [-0.39, 0.29) is 21.9 Å². The van der Waals surface area contributed by atoms with Crippen LogP contribution in [0.1, 0.15) is 21.6 Å². The second-order valence-electron chi connectivity index (χ2n) is 6.99. The van der Waals surface area contributed by atoms with Crippen molar-refractivity contribution in [2.45, 2.75) is 13.1 Å². The lowest BCUT2D eigenvalue weighted by atomic mass is 10.1. The zero-order chi connectivity index (χ0) is 23.0. The summed E-state index contributed by atoms with van der Waals surface area (Å²) in [5, 5.41) is 6.64. The monoisotopic (exact) mass is 460 g/mol. The number of nitrogens with one attached hydrogen (secondary N) is 1. The first-order chi connectivity index (χ1) is 15.2. The fraction of sp³-hybridized carbons (Fsp3) is 0.136. The van der Waals surface area contributed by atoms with Gasteiger partial charge in [0, 0.05) is 11.3 Å². The molecule has 2 aromatic carbocycles. The fourth-order valence-electron chi connectivity index (χ4n) is 3.14. The Morgan fingerprint density at radius 1 is 1.12 bits per heavy atom. The number of halogens is 4. The first kappa shape index (κ1) is 21.6. The minimum atomic E-state index is -4.70. The van der Waals surface area contributed by atoms with Gasteiger partial charge in [0.05, 0.1) is 24.0 Å². The number of nitrogens with zero attached hydrogens (tertiary/aromatic N) is 3. The number of alkyl halides is 3. The number of methoxy groups -OCH3 is 1. The summed E-state index contributed by atoms with van der Waals surface area (Å²) in [6, 6.07) is 12.4. The Hall–Kier alpha value is -3.59. The molecule has 1 amide bonds. The highest BCUT2D eigenvalue weighted by Gasteiger charge is 2.36. The Labute approximate surface area is 185 Å². The average molecular weight is 461 g/mol. The molecule has 4 rings (SSSR count). The van der Waals surface area contributed by atoms with Gasteiger partial charge in [-0.25, -0.2) is 9.50 Å². The van der Waals surface area contributed by atoms with Crippen molar-refractivity contribution in [3.63, 3.8) is 0 Å². The molecule has 0 fully saturated rings. The molecule has 6 nitrogen and oxygen atoms in total. The lowest BCUT2D eigenvalue weighted by molar-refractivity contribution is -0.142. The van der Waals surface area contributed by atoms with Crippen molar-refractivity contribution < 1.29 is 22.7 Å². The second kappa shape index (κ2) is 8.16. The summed E-state index contributed by atoms with van der Waals surface area (Å²) in [4.78, 5) is 17.2. The van der Waals surface area contributed by atoms with Crippen molar-refractivity contribution in [1.29, 1.82) is 0 Å². The molecule has 0 saturated carbocycles. The quantitative estimate of drug-likeness (QED) is 0.428. The predicted octanol–water partition coefficient (Wildman–Crippen LogP) is 5.64. The number of carbonyl (C=O) groups excluding carboxylic acids is 1. The van der Waals surface area contributed by atoms with Gasteiger partial charge in [-0.3, -0.25) is 4.79 Å². The molecule has 0 radical (unpaired) electrons. The lowest BCUT2D eigenvalue weighted by Gasteiger charge is -2.12. The number of anilines is 1. The zero-order valence-electron chi connectivity index (χ0n) is 16.9. The number of fused-ring (bicyclic) bond motifs is 1. The van der Waals surface area contributed by atoms with Crippen molar-refractivity contribution in [3.8, 4) is 17.0 Å². The van der Waals surface area contributed by atoms with E-state index in [1.54, 1.807) is 36.4 Å². The Balaban J connectivity index is 1.80. The zero-order valence-corrected chi connectivity index (χ0v) is 17.6. The van der Waals surface area contributed by atoms with Crippen LogP contribution in [0.2, 0.25) is 5.02 Å². The molecular formula is C22H16ClF3N4O2. The molecule has 0 spiro atoms. The van der Waals surface area contributed by atoms with E-state index in [2.05, 4.69) is 15.4 Å². The number of aryl methyl sites for hydroxylation is 1. The highest BCUT2D eigenvalue weighted by Crippen LogP contribution is 2.33. The number of aromatic nitrogens is 3. The van der Waals surface area contributed by atoms with E-state index in [0.717, 1.165) is 17.8 Å². The maximum atomic E-state index is 13.7. The van der Waals surface area contributed by atoms with Crippen LogP contribution < -0.4 is 10.1 Å². The lowest BCUT2D eigenvalue weighted by Crippen LogP contribution is -2.15.